The summed E-state index contributed by atoms with van der Waals surface area (Å²) in [6, 6.07) is 9.58. The number of carbonyl (C=O) groups is 1. The average molecular weight is 434 g/mol. The van der Waals surface area contributed by atoms with E-state index in [4.69, 9.17) is 4.74 Å². The number of carboxylic acids is 1. The van der Waals surface area contributed by atoms with Gasteiger partial charge in [0, 0.05) is 24.7 Å². The molecule has 3 rings (SSSR count). The number of sulfonamides is 1. The standard InChI is InChI=1S/C18H18N4O7S/c23-18(24)15-4-2-1-3-13(15)12-19-20-16-6-5-14(11-17(16)22(25)26)30(27,28)21-7-9-29-10-8-21/h1-6,11-12,20H,7-10H2,(H,23,24). The summed E-state index contributed by atoms with van der Waals surface area (Å²) in [6.45, 7) is 0.855. The van der Waals surface area contributed by atoms with Gasteiger partial charge in [0.1, 0.15) is 5.69 Å². The number of nitro benzene ring substituents is 1. The highest BCUT2D eigenvalue weighted by atomic mass is 32.2. The number of nitro groups is 1. The number of carboxylic acid groups (broad SMARTS) is 1. The number of nitrogens with zero attached hydrogens (tertiary/aromatic N) is 3. The van der Waals surface area contributed by atoms with E-state index in [-0.39, 0.29) is 42.4 Å². The van der Waals surface area contributed by atoms with Crippen LogP contribution in [0.15, 0.2) is 52.5 Å². The van der Waals surface area contributed by atoms with Crippen LogP contribution < -0.4 is 5.43 Å². The molecule has 0 spiro atoms. The zero-order chi connectivity index (χ0) is 21.7. The largest absolute Gasteiger partial charge is 0.478 e. The molecular formula is C18H18N4O7S. The Balaban J connectivity index is 1.86. The maximum absolute atomic E-state index is 12.7. The van der Waals surface area contributed by atoms with Crippen molar-refractivity contribution in [2.45, 2.75) is 4.90 Å². The molecule has 1 aliphatic heterocycles. The second-order valence-corrected chi connectivity index (χ2v) is 8.15. The predicted molar refractivity (Wildman–Crippen MR) is 107 cm³/mol. The number of hydrazone groups is 1. The molecule has 0 atom stereocenters. The number of ether oxygens (including phenoxy) is 1. The number of hydrogen-bond donors (Lipinski definition) is 2. The number of hydrogen-bond acceptors (Lipinski definition) is 8. The van der Waals surface area contributed by atoms with Gasteiger partial charge in [-0.05, 0) is 18.2 Å². The van der Waals surface area contributed by atoms with Crippen molar-refractivity contribution in [3.63, 3.8) is 0 Å². The third kappa shape index (κ3) is 4.62. The van der Waals surface area contributed by atoms with E-state index in [2.05, 4.69) is 10.5 Å². The van der Waals surface area contributed by atoms with Crippen LogP contribution in [0.1, 0.15) is 15.9 Å². The Bertz CT molecular complexity index is 1100. The van der Waals surface area contributed by atoms with Gasteiger partial charge in [0.05, 0.1) is 34.8 Å². The molecule has 2 aromatic carbocycles. The lowest BCUT2D eigenvalue weighted by Gasteiger charge is -2.26. The van der Waals surface area contributed by atoms with Crippen LogP contribution in [-0.2, 0) is 14.8 Å². The first-order chi connectivity index (χ1) is 14.3. The van der Waals surface area contributed by atoms with Crippen LogP contribution in [0.5, 0.6) is 0 Å². The van der Waals surface area contributed by atoms with Gasteiger partial charge in [0.15, 0.2) is 0 Å². The summed E-state index contributed by atoms with van der Waals surface area (Å²) >= 11 is 0. The van der Waals surface area contributed by atoms with Gasteiger partial charge in [-0.15, -0.1) is 0 Å². The molecule has 0 aromatic heterocycles. The molecule has 158 valence electrons. The molecule has 11 nitrogen and oxygen atoms in total. The van der Waals surface area contributed by atoms with Gasteiger partial charge in [-0.1, -0.05) is 18.2 Å². The summed E-state index contributed by atoms with van der Waals surface area (Å²) in [6.07, 6.45) is 1.21. The van der Waals surface area contributed by atoms with Gasteiger partial charge in [-0.25, -0.2) is 13.2 Å². The molecule has 0 unspecified atom stereocenters. The van der Waals surface area contributed by atoms with Crippen molar-refractivity contribution in [3.05, 3.63) is 63.7 Å². The predicted octanol–water partition coefficient (Wildman–Crippen LogP) is 1.76. The van der Waals surface area contributed by atoms with Gasteiger partial charge in [-0.3, -0.25) is 15.5 Å². The van der Waals surface area contributed by atoms with E-state index in [1.54, 1.807) is 12.1 Å². The zero-order valence-corrected chi connectivity index (χ0v) is 16.4. The van der Waals surface area contributed by atoms with E-state index in [0.29, 0.717) is 5.56 Å². The van der Waals surface area contributed by atoms with Gasteiger partial charge < -0.3 is 9.84 Å². The van der Waals surface area contributed by atoms with Gasteiger partial charge >= 0.3 is 5.97 Å². The molecule has 0 amide bonds. The fourth-order valence-corrected chi connectivity index (χ4v) is 4.26. The number of aromatic carboxylic acids is 1. The third-order valence-electron chi connectivity index (χ3n) is 4.35. The van der Waals surface area contributed by atoms with E-state index >= 15 is 0 Å². The van der Waals surface area contributed by atoms with Crippen molar-refractivity contribution >= 4 is 33.6 Å². The summed E-state index contributed by atoms with van der Waals surface area (Å²) in [5.41, 5.74) is 2.27. The average Bonchev–Trinajstić information content (AvgIpc) is 2.74. The Morgan fingerprint density at radius 3 is 2.60 bits per heavy atom. The SMILES string of the molecule is O=C(O)c1ccccc1C=NNc1ccc(S(=O)(=O)N2CCOCC2)cc1[N+](=O)[O-]. The Morgan fingerprint density at radius 2 is 1.93 bits per heavy atom. The van der Waals surface area contributed by atoms with Crippen molar-refractivity contribution in [3.8, 4) is 0 Å². The van der Waals surface area contributed by atoms with Crippen molar-refractivity contribution < 1.29 is 28.0 Å². The summed E-state index contributed by atoms with van der Waals surface area (Å²) in [7, 11) is -3.90. The highest BCUT2D eigenvalue weighted by Crippen LogP contribution is 2.29. The number of rotatable bonds is 7. The zero-order valence-electron chi connectivity index (χ0n) is 15.6. The van der Waals surface area contributed by atoms with Crippen LogP contribution in [0.3, 0.4) is 0 Å². The first kappa shape index (κ1) is 21.4. The molecule has 0 aliphatic carbocycles. The van der Waals surface area contributed by atoms with Gasteiger partial charge in [0.2, 0.25) is 10.0 Å². The van der Waals surface area contributed by atoms with E-state index in [0.717, 1.165) is 6.07 Å². The van der Waals surface area contributed by atoms with Crippen LogP contribution in [-0.4, -0.2) is 61.2 Å². The highest BCUT2D eigenvalue weighted by Gasteiger charge is 2.28. The Kier molecular flexibility index (Phi) is 6.40. The Hall–Kier alpha value is -3.35. The number of nitrogens with one attached hydrogen (secondary N) is 1. The fraction of sp³-hybridized carbons (Fsp3) is 0.222. The van der Waals surface area contributed by atoms with Crippen molar-refractivity contribution in [2.75, 3.05) is 31.7 Å². The first-order valence-electron chi connectivity index (χ1n) is 8.78. The molecule has 30 heavy (non-hydrogen) atoms. The molecular weight excluding hydrogens is 416 g/mol. The van der Waals surface area contributed by atoms with E-state index in [1.807, 2.05) is 0 Å². The quantitative estimate of drug-likeness (QED) is 0.380. The van der Waals surface area contributed by atoms with Crippen LogP contribution in [0, 0.1) is 10.1 Å². The lowest BCUT2D eigenvalue weighted by Crippen LogP contribution is -2.40. The number of anilines is 1. The maximum Gasteiger partial charge on any atom is 0.336 e. The van der Waals surface area contributed by atoms with Crippen LogP contribution in [0.4, 0.5) is 11.4 Å². The van der Waals surface area contributed by atoms with Crippen LogP contribution in [0.25, 0.3) is 0 Å². The Labute approximate surface area is 171 Å². The third-order valence-corrected chi connectivity index (χ3v) is 6.25. The van der Waals surface area contributed by atoms with Crippen LogP contribution in [0.2, 0.25) is 0 Å². The lowest BCUT2D eigenvalue weighted by molar-refractivity contribution is -0.384. The Morgan fingerprint density at radius 1 is 1.23 bits per heavy atom. The summed E-state index contributed by atoms with van der Waals surface area (Å²) in [5.74, 6) is -1.14. The maximum atomic E-state index is 12.7. The van der Waals surface area contributed by atoms with Crippen molar-refractivity contribution in [1.82, 2.24) is 4.31 Å². The van der Waals surface area contributed by atoms with Crippen molar-refractivity contribution in [2.24, 2.45) is 5.10 Å². The minimum Gasteiger partial charge on any atom is -0.478 e. The van der Waals surface area contributed by atoms with E-state index in [1.165, 1.54) is 34.8 Å². The number of morpholine rings is 1. The molecule has 2 aromatic rings. The highest BCUT2D eigenvalue weighted by molar-refractivity contribution is 7.89. The first-order valence-corrected chi connectivity index (χ1v) is 10.2. The summed E-state index contributed by atoms with van der Waals surface area (Å²) < 4.78 is 31.8. The summed E-state index contributed by atoms with van der Waals surface area (Å²) in [4.78, 5) is 21.8. The molecule has 12 heteroatoms. The molecule has 0 bridgehead atoms. The second-order valence-electron chi connectivity index (χ2n) is 6.21. The van der Waals surface area contributed by atoms with Gasteiger partial charge in [0.25, 0.3) is 5.69 Å². The fourth-order valence-electron chi connectivity index (χ4n) is 2.83. The smallest absolute Gasteiger partial charge is 0.336 e. The second kappa shape index (κ2) is 8.98. The van der Waals surface area contributed by atoms with Gasteiger partial charge in [-0.2, -0.15) is 9.41 Å². The topological polar surface area (TPSA) is 151 Å². The minimum absolute atomic E-state index is 0.0181. The molecule has 1 saturated heterocycles. The molecule has 2 N–H and O–H groups in total. The molecule has 0 saturated carbocycles. The van der Waals surface area contributed by atoms with E-state index < -0.39 is 26.6 Å². The van der Waals surface area contributed by atoms with Crippen LogP contribution >= 0.6 is 0 Å². The monoisotopic (exact) mass is 434 g/mol. The lowest BCUT2D eigenvalue weighted by atomic mass is 10.1. The van der Waals surface area contributed by atoms with Crippen molar-refractivity contribution in [1.29, 1.82) is 0 Å². The normalized spacial score (nSPS) is 15.2. The summed E-state index contributed by atoms with van der Waals surface area (Å²) in [5, 5.41) is 24.5. The van der Waals surface area contributed by atoms with E-state index in [9.17, 15) is 28.4 Å². The molecule has 1 heterocycles. The molecule has 1 fully saturated rings. The molecule has 1 aliphatic rings. The molecule has 0 radical (unpaired) electrons. The number of benzene rings is 2. The minimum atomic E-state index is -3.90.